The Balaban J connectivity index is 0.00000289. The molecule has 1 fully saturated rings. The monoisotopic (exact) mass is 493 g/mol. The number of hydrogen-bond donors (Lipinski definition) is 2. The average Bonchev–Trinajstić information content (AvgIpc) is 3.26. The summed E-state index contributed by atoms with van der Waals surface area (Å²) in [6.07, 6.45) is 0. The predicted octanol–water partition coefficient (Wildman–Crippen LogP) is 4.79. The molecule has 1 aliphatic heterocycles. The number of anilines is 2. The van der Waals surface area contributed by atoms with E-state index in [1.807, 2.05) is 60.7 Å². The Kier molecular flexibility index (Phi) is 7.43. The highest BCUT2D eigenvalue weighted by Gasteiger charge is 2.19. The van der Waals surface area contributed by atoms with Crippen LogP contribution in [0.15, 0.2) is 66.7 Å². The lowest BCUT2D eigenvalue weighted by atomic mass is 10.1. The molecule has 5 rings (SSSR count). The first-order chi connectivity index (χ1) is 16.6. The molecule has 1 aromatic heterocycles. The number of hydrogen-bond acceptors (Lipinski definition) is 6. The molecule has 0 unspecified atom stereocenters. The zero-order valence-electron chi connectivity index (χ0n) is 19.7. The smallest absolute Gasteiger partial charge is 0.260 e. The zero-order valence-corrected chi connectivity index (χ0v) is 20.5. The number of likely N-dealkylation sites (N-methyl/N-ethyl adjacent to an activating group) is 1. The van der Waals surface area contributed by atoms with E-state index in [9.17, 15) is 4.79 Å². The number of methoxy groups -OCH3 is 1. The second kappa shape index (κ2) is 10.7. The second-order valence-corrected chi connectivity index (χ2v) is 8.32. The fourth-order valence-corrected chi connectivity index (χ4v) is 4.08. The van der Waals surface area contributed by atoms with Crippen LogP contribution >= 0.6 is 12.4 Å². The SMILES string of the molecule is COc1cc(N2CCN(C)CC2)ccc1C(=O)Nc1n[nH]c2ccc(Oc3ccccc3)cc12.Cl. The topological polar surface area (TPSA) is 82.7 Å². The Morgan fingerprint density at radius 2 is 1.74 bits per heavy atom. The molecule has 0 radical (unpaired) electrons. The van der Waals surface area contributed by atoms with E-state index in [1.165, 1.54) is 0 Å². The maximum atomic E-state index is 13.1. The third-order valence-electron chi connectivity index (χ3n) is 6.04. The summed E-state index contributed by atoms with van der Waals surface area (Å²) in [6.45, 7) is 3.90. The normalized spacial score (nSPS) is 13.8. The highest BCUT2D eigenvalue weighted by Crippen LogP contribution is 2.30. The minimum atomic E-state index is -0.287. The Morgan fingerprint density at radius 3 is 2.49 bits per heavy atom. The van der Waals surface area contributed by atoms with Crippen molar-refractivity contribution in [2.75, 3.05) is 50.6 Å². The lowest BCUT2D eigenvalue weighted by Crippen LogP contribution is -2.44. The predicted molar refractivity (Wildman–Crippen MR) is 141 cm³/mol. The molecule has 8 nitrogen and oxygen atoms in total. The molecule has 0 aliphatic carbocycles. The van der Waals surface area contributed by atoms with Gasteiger partial charge in [-0.2, -0.15) is 5.10 Å². The van der Waals surface area contributed by atoms with Crippen LogP contribution < -0.4 is 19.7 Å². The number of carbonyl (C=O) groups is 1. The van der Waals surface area contributed by atoms with Crippen molar-refractivity contribution >= 4 is 40.7 Å². The number of nitrogens with zero attached hydrogens (tertiary/aromatic N) is 3. The van der Waals surface area contributed by atoms with Gasteiger partial charge in [-0.1, -0.05) is 18.2 Å². The lowest BCUT2D eigenvalue weighted by molar-refractivity contribution is 0.102. The Labute approximate surface area is 210 Å². The Hall–Kier alpha value is -3.75. The maximum absolute atomic E-state index is 13.1. The number of aromatic nitrogens is 2. The molecule has 2 N–H and O–H groups in total. The van der Waals surface area contributed by atoms with Gasteiger partial charge in [-0.3, -0.25) is 9.89 Å². The third-order valence-corrected chi connectivity index (χ3v) is 6.04. The number of rotatable bonds is 6. The van der Waals surface area contributed by atoms with Gasteiger partial charge in [-0.05, 0) is 49.5 Å². The molecule has 0 spiro atoms. The third kappa shape index (κ3) is 5.34. The fourth-order valence-electron chi connectivity index (χ4n) is 4.08. The van der Waals surface area contributed by atoms with Gasteiger partial charge < -0.3 is 24.6 Å². The molecule has 3 aromatic carbocycles. The van der Waals surface area contributed by atoms with Gasteiger partial charge in [0.2, 0.25) is 0 Å². The first kappa shape index (κ1) is 24.4. The number of carbonyl (C=O) groups excluding carboxylic acids is 1. The largest absolute Gasteiger partial charge is 0.496 e. The highest BCUT2D eigenvalue weighted by molar-refractivity contribution is 6.09. The van der Waals surface area contributed by atoms with Crippen LogP contribution in [0.3, 0.4) is 0 Å². The number of para-hydroxylation sites is 1. The summed E-state index contributed by atoms with van der Waals surface area (Å²) >= 11 is 0. The number of aromatic amines is 1. The summed E-state index contributed by atoms with van der Waals surface area (Å²) < 4.78 is 11.5. The van der Waals surface area contributed by atoms with Crippen molar-refractivity contribution in [3.05, 3.63) is 72.3 Å². The van der Waals surface area contributed by atoms with E-state index in [2.05, 4.69) is 32.4 Å². The summed E-state index contributed by atoms with van der Waals surface area (Å²) in [4.78, 5) is 17.8. The minimum absolute atomic E-state index is 0. The van der Waals surface area contributed by atoms with Gasteiger partial charge in [0.15, 0.2) is 5.82 Å². The van der Waals surface area contributed by atoms with Crippen LogP contribution in [0.2, 0.25) is 0 Å². The standard InChI is InChI=1S/C26H27N5O3.ClH/c1-30-12-14-31(15-13-30)18-8-10-21(24(16-18)33-2)26(32)27-25-22-17-20(9-11-23(22)28-29-25)34-19-6-4-3-5-7-19;/h3-11,16-17H,12-15H2,1-2H3,(H2,27,28,29,32);1H. The summed E-state index contributed by atoms with van der Waals surface area (Å²) in [7, 11) is 3.71. The summed E-state index contributed by atoms with van der Waals surface area (Å²) in [5, 5.41) is 10.9. The molecule has 4 aromatic rings. The molecule has 1 saturated heterocycles. The van der Waals surface area contributed by atoms with E-state index in [0.717, 1.165) is 48.5 Å². The van der Waals surface area contributed by atoms with Crippen molar-refractivity contribution in [2.24, 2.45) is 0 Å². The number of H-pyrrole nitrogens is 1. The van der Waals surface area contributed by atoms with Crippen molar-refractivity contribution in [1.82, 2.24) is 15.1 Å². The number of nitrogens with one attached hydrogen (secondary N) is 2. The van der Waals surface area contributed by atoms with Crippen LogP contribution in [0, 0.1) is 0 Å². The average molecular weight is 494 g/mol. The number of ether oxygens (including phenoxy) is 2. The molecule has 0 atom stereocenters. The van der Waals surface area contributed by atoms with E-state index in [1.54, 1.807) is 13.2 Å². The molecule has 1 aliphatic rings. The van der Waals surface area contributed by atoms with E-state index >= 15 is 0 Å². The molecule has 1 amide bonds. The molecule has 182 valence electrons. The summed E-state index contributed by atoms with van der Waals surface area (Å²) in [6, 6.07) is 20.8. The molecular formula is C26H28ClN5O3. The van der Waals surface area contributed by atoms with Crippen molar-refractivity contribution in [3.8, 4) is 17.2 Å². The van der Waals surface area contributed by atoms with Crippen LogP contribution in [-0.4, -0.2) is 61.3 Å². The Morgan fingerprint density at radius 1 is 0.971 bits per heavy atom. The van der Waals surface area contributed by atoms with Crippen LogP contribution in [-0.2, 0) is 0 Å². The van der Waals surface area contributed by atoms with Crippen LogP contribution in [0.1, 0.15) is 10.4 Å². The minimum Gasteiger partial charge on any atom is -0.496 e. The van der Waals surface area contributed by atoms with Crippen molar-refractivity contribution in [2.45, 2.75) is 0 Å². The number of fused-ring (bicyclic) bond motifs is 1. The first-order valence-corrected chi connectivity index (χ1v) is 11.2. The van der Waals surface area contributed by atoms with Crippen molar-refractivity contribution < 1.29 is 14.3 Å². The van der Waals surface area contributed by atoms with Crippen molar-refractivity contribution in [3.63, 3.8) is 0 Å². The molecule has 0 saturated carbocycles. The number of amides is 1. The van der Waals surface area contributed by atoms with E-state index in [-0.39, 0.29) is 18.3 Å². The number of benzene rings is 3. The van der Waals surface area contributed by atoms with Crippen LogP contribution in [0.25, 0.3) is 10.9 Å². The quantitative estimate of drug-likeness (QED) is 0.402. The van der Waals surface area contributed by atoms with Gasteiger partial charge in [-0.15, -0.1) is 12.4 Å². The van der Waals surface area contributed by atoms with E-state index in [0.29, 0.717) is 22.9 Å². The fraction of sp³-hybridized carbons (Fsp3) is 0.231. The van der Waals surface area contributed by atoms with E-state index in [4.69, 9.17) is 9.47 Å². The summed E-state index contributed by atoms with van der Waals surface area (Å²) in [5.41, 5.74) is 2.30. The van der Waals surface area contributed by atoms with Crippen LogP contribution in [0.4, 0.5) is 11.5 Å². The van der Waals surface area contributed by atoms with Gasteiger partial charge in [0.25, 0.3) is 5.91 Å². The van der Waals surface area contributed by atoms with Gasteiger partial charge in [0, 0.05) is 43.3 Å². The van der Waals surface area contributed by atoms with Gasteiger partial charge >= 0.3 is 0 Å². The molecular weight excluding hydrogens is 466 g/mol. The molecule has 2 heterocycles. The molecule has 9 heteroatoms. The molecule has 0 bridgehead atoms. The Bertz CT molecular complexity index is 1300. The maximum Gasteiger partial charge on any atom is 0.260 e. The van der Waals surface area contributed by atoms with E-state index < -0.39 is 0 Å². The lowest BCUT2D eigenvalue weighted by Gasteiger charge is -2.34. The first-order valence-electron chi connectivity index (χ1n) is 11.2. The van der Waals surface area contributed by atoms with Crippen LogP contribution in [0.5, 0.6) is 17.2 Å². The van der Waals surface area contributed by atoms with Gasteiger partial charge in [0.05, 0.1) is 18.2 Å². The number of piperazine rings is 1. The van der Waals surface area contributed by atoms with Crippen molar-refractivity contribution in [1.29, 1.82) is 0 Å². The molecule has 35 heavy (non-hydrogen) atoms. The number of halogens is 1. The second-order valence-electron chi connectivity index (χ2n) is 8.32. The summed E-state index contributed by atoms with van der Waals surface area (Å²) in [5.74, 6) is 2.07. The highest BCUT2D eigenvalue weighted by atomic mass is 35.5. The zero-order chi connectivity index (χ0) is 23.5. The van der Waals surface area contributed by atoms with Gasteiger partial charge in [0.1, 0.15) is 17.2 Å². The van der Waals surface area contributed by atoms with Gasteiger partial charge in [-0.25, -0.2) is 0 Å².